The summed E-state index contributed by atoms with van der Waals surface area (Å²) in [7, 11) is 0. The summed E-state index contributed by atoms with van der Waals surface area (Å²) in [6.45, 7) is 2.08. The maximum atomic E-state index is 5.92. The van der Waals surface area contributed by atoms with E-state index in [1.807, 2.05) is 11.8 Å². The number of hydrogen-bond donors (Lipinski definition) is 1. The number of nitrogens with two attached hydrogens (primary N) is 1. The fraction of sp³-hybridized carbons (Fsp3) is 0.909. The first-order chi connectivity index (χ1) is 7.31. The van der Waals surface area contributed by atoms with Gasteiger partial charge < -0.3 is 10.6 Å². The SMILES string of the molecule is CSCCCC1CN=C(N)N1CC1CC1. The predicted octanol–water partition coefficient (Wildman–Crippen LogP) is 1.54. The molecule has 1 fully saturated rings. The molecular weight excluding hydrogens is 206 g/mol. The second-order valence-corrected chi connectivity index (χ2v) is 5.57. The van der Waals surface area contributed by atoms with Gasteiger partial charge in [0.1, 0.15) is 0 Å². The highest BCUT2D eigenvalue weighted by atomic mass is 32.2. The van der Waals surface area contributed by atoms with E-state index in [0.717, 1.165) is 25.0 Å². The van der Waals surface area contributed by atoms with Crippen LogP contribution in [0, 0.1) is 5.92 Å². The molecule has 2 rings (SSSR count). The van der Waals surface area contributed by atoms with Gasteiger partial charge in [0.2, 0.25) is 0 Å². The standard InChI is InChI=1S/C11H21N3S/c1-15-6-2-3-10-7-13-11(12)14(10)8-9-4-5-9/h9-10H,2-8H2,1H3,(H2,12,13). The molecule has 0 aromatic carbocycles. The summed E-state index contributed by atoms with van der Waals surface area (Å²) in [4.78, 5) is 6.72. The number of hydrogen-bond acceptors (Lipinski definition) is 4. The largest absolute Gasteiger partial charge is 0.370 e. The van der Waals surface area contributed by atoms with Gasteiger partial charge in [-0.3, -0.25) is 4.99 Å². The van der Waals surface area contributed by atoms with Crippen molar-refractivity contribution in [3.05, 3.63) is 0 Å². The van der Waals surface area contributed by atoms with Gasteiger partial charge in [-0.1, -0.05) is 0 Å². The first kappa shape index (κ1) is 11.1. The molecule has 2 aliphatic rings. The molecule has 3 nitrogen and oxygen atoms in total. The molecule has 0 aromatic rings. The van der Waals surface area contributed by atoms with Crippen molar-refractivity contribution >= 4 is 17.7 Å². The van der Waals surface area contributed by atoms with Crippen LogP contribution in [0.5, 0.6) is 0 Å². The van der Waals surface area contributed by atoms with Gasteiger partial charge in [-0.05, 0) is 43.6 Å². The normalized spacial score (nSPS) is 25.8. The third-order valence-corrected chi connectivity index (χ3v) is 3.93. The molecule has 0 bridgehead atoms. The van der Waals surface area contributed by atoms with Gasteiger partial charge >= 0.3 is 0 Å². The van der Waals surface area contributed by atoms with Crippen LogP contribution < -0.4 is 5.73 Å². The Morgan fingerprint density at radius 2 is 2.33 bits per heavy atom. The molecule has 1 heterocycles. The Kier molecular flexibility index (Phi) is 3.78. The molecule has 0 amide bonds. The van der Waals surface area contributed by atoms with Crippen LogP contribution in [0.1, 0.15) is 25.7 Å². The van der Waals surface area contributed by atoms with E-state index in [0.29, 0.717) is 6.04 Å². The minimum atomic E-state index is 0.595. The Morgan fingerprint density at radius 1 is 1.53 bits per heavy atom. The van der Waals surface area contributed by atoms with E-state index in [9.17, 15) is 0 Å². The van der Waals surface area contributed by atoms with Crippen molar-refractivity contribution in [3.8, 4) is 0 Å². The summed E-state index contributed by atoms with van der Waals surface area (Å²) in [6.07, 6.45) is 7.48. The summed E-state index contributed by atoms with van der Waals surface area (Å²) in [5.41, 5.74) is 5.92. The molecule has 86 valence electrons. The lowest BCUT2D eigenvalue weighted by Gasteiger charge is -2.26. The Balaban J connectivity index is 1.77. The highest BCUT2D eigenvalue weighted by Crippen LogP contribution is 2.31. The van der Waals surface area contributed by atoms with Crippen LogP contribution >= 0.6 is 11.8 Å². The first-order valence-corrected chi connectivity index (χ1v) is 7.26. The molecule has 0 radical (unpaired) electrons. The lowest BCUT2D eigenvalue weighted by atomic mass is 10.1. The quantitative estimate of drug-likeness (QED) is 0.700. The van der Waals surface area contributed by atoms with E-state index < -0.39 is 0 Å². The summed E-state index contributed by atoms with van der Waals surface area (Å²) < 4.78 is 0. The molecule has 1 saturated carbocycles. The van der Waals surface area contributed by atoms with E-state index in [1.54, 1.807) is 0 Å². The minimum absolute atomic E-state index is 0.595. The smallest absolute Gasteiger partial charge is 0.191 e. The molecule has 0 aromatic heterocycles. The number of nitrogens with zero attached hydrogens (tertiary/aromatic N) is 2. The molecule has 1 aliphatic carbocycles. The molecule has 0 spiro atoms. The third-order valence-electron chi connectivity index (χ3n) is 3.24. The van der Waals surface area contributed by atoms with E-state index in [2.05, 4.69) is 16.1 Å². The van der Waals surface area contributed by atoms with Crippen LogP contribution in [0.4, 0.5) is 0 Å². The zero-order chi connectivity index (χ0) is 10.7. The molecule has 1 atom stereocenters. The molecule has 1 aliphatic heterocycles. The van der Waals surface area contributed by atoms with E-state index >= 15 is 0 Å². The van der Waals surface area contributed by atoms with Crippen molar-refractivity contribution in [3.63, 3.8) is 0 Å². The second-order valence-electron chi connectivity index (χ2n) is 4.58. The lowest BCUT2D eigenvalue weighted by Crippen LogP contribution is -2.42. The number of aliphatic imine (C=N–C) groups is 1. The zero-order valence-electron chi connectivity index (χ0n) is 9.48. The number of rotatable bonds is 6. The van der Waals surface area contributed by atoms with Crippen molar-refractivity contribution in [2.24, 2.45) is 16.6 Å². The van der Waals surface area contributed by atoms with Crippen LogP contribution in [-0.2, 0) is 0 Å². The van der Waals surface area contributed by atoms with Gasteiger partial charge in [-0.25, -0.2) is 0 Å². The second kappa shape index (κ2) is 5.10. The monoisotopic (exact) mass is 227 g/mol. The highest BCUT2D eigenvalue weighted by molar-refractivity contribution is 7.98. The minimum Gasteiger partial charge on any atom is -0.370 e. The van der Waals surface area contributed by atoms with Gasteiger partial charge in [0.05, 0.1) is 12.6 Å². The van der Waals surface area contributed by atoms with Gasteiger partial charge in [0.15, 0.2) is 5.96 Å². The molecule has 0 saturated heterocycles. The van der Waals surface area contributed by atoms with Crippen LogP contribution in [0.3, 0.4) is 0 Å². The van der Waals surface area contributed by atoms with Gasteiger partial charge in [-0.15, -0.1) is 0 Å². The highest BCUT2D eigenvalue weighted by Gasteiger charge is 2.31. The molecular formula is C11H21N3S. The molecule has 1 unspecified atom stereocenters. The Labute approximate surface area is 96.5 Å². The van der Waals surface area contributed by atoms with Gasteiger partial charge in [-0.2, -0.15) is 11.8 Å². The van der Waals surface area contributed by atoms with Gasteiger partial charge in [0, 0.05) is 6.54 Å². The van der Waals surface area contributed by atoms with Crippen molar-refractivity contribution in [1.29, 1.82) is 0 Å². The zero-order valence-corrected chi connectivity index (χ0v) is 10.3. The molecule has 2 N–H and O–H groups in total. The Bertz CT molecular complexity index is 238. The van der Waals surface area contributed by atoms with Crippen LogP contribution in [0.25, 0.3) is 0 Å². The number of thioether (sulfide) groups is 1. The summed E-state index contributed by atoms with van der Waals surface area (Å²) in [5.74, 6) is 2.95. The Hall–Kier alpha value is -0.380. The lowest BCUT2D eigenvalue weighted by molar-refractivity contribution is 0.311. The third kappa shape index (κ3) is 3.03. The summed E-state index contributed by atoms with van der Waals surface area (Å²) in [5, 5.41) is 0. The fourth-order valence-electron chi connectivity index (χ4n) is 2.11. The van der Waals surface area contributed by atoms with Crippen molar-refractivity contribution in [1.82, 2.24) is 4.90 Å². The van der Waals surface area contributed by atoms with Gasteiger partial charge in [0.25, 0.3) is 0 Å². The van der Waals surface area contributed by atoms with E-state index in [1.165, 1.54) is 31.4 Å². The van der Waals surface area contributed by atoms with Crippen molar-refractivity contribution in [2.75, 3.05) is 25.1 Å². The number of guanidine groups is 1. The summed E-state index contributed by atoms with van der Waals surface area (Å²) >= 11 is 1.93. The van der Waals surface area contributed by atoms with Crippen molar-refractivity contribution in [2.45, 2.75) is 31.7 Å². The Morgan fingerprint density at radius 3 is 3.00 bits per heavy atom. The average Bonchev–Trinajstić information content (AvgIpc) is 2.97. The van der Waals surface area contributed by atoms with E-state index in [4.69, 9.17) is 5.73 Å². The van der Waals surface area contributed by atoms with Crippen LogP contribution in [-0.4, -0.2) is 42.0 Å². The first-order valence-electron chi connectivity index (χ1n) is 5.86. The fourth-order valence-corrected chi connectivity index (χ4v) is 2.56. The molecule has 15 heavy (non-hydrogen) atoms. The predicted molar refractivity (Wildman–Crippen MR) is 67.3 cm³/mol. The molecule has 4 heteroatoms. The summed E-state index contributed by atoms with van der Waals surface area (Å²) in [6, 6.07) is 0.595. The topological polar surface area (TPSA) is 41.6 Å². The van der Waals surface area contributed by atoms with Crippen molar-refractivity contribution < 1.29 is 0 Å². The maximum absolute atomic E-state index is 5.92. The van der Waals surface area contributed by atoms with Crippen LogP contribution in [0.15, 0.2) is 4.99 Å². The van der Waals surface area contributed by atoms with Crippen LogP contribution in [0.2, 0.25) is 0 Å². The average molecular weight is 227 g/mol. The maximum Gasteiger partial charge on any atom is 0.191 e. The van der Waals surface area contributed by atoms with E-state index in [-0.39, 0.29) is 0 Å².